The third kappa shape index (κ3) is 3.85. The largest absolute Gasteiger partial charge is 0.493 e. The minimum atomic E-state index is 0.00537. The molecule has 1 saturated heterocycles. The van der Waals surface area contributed by atoms with E-state index in [0.29, 0.717) is 6.61 Å². The molecule has 2 aliphatic heterocycles. The SMILES string of the molecule is O=C(NC1CCN(c2ccccc2)CC1)C1CCOc2ccccc2C1. The van der Waals surface area contributed by atoms with Crippen LogP contribution in [0.1, 0.15) is 24.8 Å². The Morgan fingerprint density at radius 1 is 0.962 bits per heavy atom. The molecule has 0 radical (unpaired) electrons. The Kier molecular flexibility index (Phi) is 5.09. The lowest BCUT2D eigenvalue weighted by Gasteiger charge is -2.34. The van der Waals surface area contributed by atoms with E-state index in [0.717, 1.165) is 50.1 Å². The predicted molar refractivity (Wildman–Crippen MR) is 104 cm³/mol. The molecular formula is C22H26N2O2. The Balaban J connectivity index is 1.32. The molecule has 2 aromatic carbocycles. The summed E-state index contributed by atoms with van der Waals surface area (Å²) in [6.07, 6.45) is 3.55. The van der Waals surface area contributed by atoms with Gasteiger partial charge in [0, 0.05) is 30.7 Å². The van der Waals surface area contributed by atoms with Gasteiger partial charge in [0.1, 0.15) is 5.75 Å². The molecule has 136 valence electrons. The Labute approximate surface area is 155 Å². The summed E-state index contributed by atoms with van der Waals surface area (Å²) in [6, 6.07) is 18.9. The highest BCUT2D eigenvalue weighted by atomic mass is 16.5. The van der Waals surface area contributed by atoms with Gasteiger partial charge in [0.15, 0.2) is 0 Å². The molecule has 4 nitrogen and oxygen atoms in total. The highest BCUT2D eigenvalue weighted by molar-refractivity contribution is 5.79. The van der Waals surface area contributed by atoms with Gasteiger partial charge in [0.2, 0.25) is 5.91 Å². The monoisotopic (exact) mass is 350 g/mol. The molecule has 1 amide bonds. The number of rotatable bonds is 3. The number of nitrogens with zero attached hydrogens (tertiary/aromatic N) is 1. The number of hydrogen-bond acceptors (Lipinski definition) is 3. The number of fused-ring (bicyclic) bond motifs is 1. The van der Waals surface area contributed by atoms with Gasteiger partial charge in [-0.15, -0.1) is 0 Å². The van der Waals surface area contributed by atoms with E-state index in [1.165, 1.54) is 5.69 Å². The first-order chi connectivity index (χ1) is 12.8. The maximum absolute atomic E-state index is 12.8. The fraction of sp³-hybridized carbons (Fsp3) is 0.409. The molecule has 0 aliphatic carbocycles. The number of benzene rings is 2. The molecular weight excluding hydrogens is 324 g/mol. The third-order valence-electron chi connectivity index (χ3n) is 5.50. The van der Waals surface area contributed by atoms with Crippen LogP contribution in [0.15, 0.2) is 54.6 Å². The molecule has 4 heteroatoms. The summed E-state index contributed by atoms with van der Waals surface area (Å²) >= 11 is 0. The molecule has 4 rings (SSSR count). The maximum atomic E-state index is 12.8. The van der Waals surface area contributed by atoms with E-state index in [1.807, 2.05) is 24.3 Å². The van der Waals surface area contributed by atoms with Crippen LogP contribution in [0.3, 0.4) is 0 Å². The van der Waals surface area contributed by atoms with Crippen LogP contribution in [0, 0.1) is 5.92 Å². The minimum absolute atomic E-state index is 0.00537. The van der Waals surface area contributed by atoms with E-state index in [1.54, 1.807) is 0 Å². The van der Waals surface area contributed by atoms with E-state index in [2.05, 4.69) is 40.5 Å². The van der Waals surface area contributed by atoms with Crippen LogP contribution in [-0.2, 0) is 11.2 Å². The van der Waals surface area contributed by atoms with Gasteiger partial charge >= 0.3 is 0 Å². The zero-order chi connectivity index (χ0) is 17.8. The number of anilines is 1. The van der Waals surface area contributed by atoms with Crippen LogP contribution in [0.2, 0.25) is 0 Å². The molecule has 0 bridgehead atoms. The van der Waals surface area contributed by atoms with Crippen LogP contribution in [0.4, 0.5) is 5.69 Å². The van der Waals surface area contributed by atoms with Crippen molar-refractivity contribution in [2.45, 2.75) is 31.7 Å². The standard InChI is InChI=1S/C22H26N2O2/c25-22(18-12-15-26-21-9-5-4-6-17(21)16-18)23-19-10-13-24(14-11-19)20-7-2-1-3-8-20/h1-9,18-19H,10-16H2,(H,23,25). The van der Waals surface area contributed by atoms with E-state index >= 15 is 0 Å². The average molecular weight is 350 g/mol. The number of para-hydroxylation sites is 2. The van der Waals surface area contributed by atoms with Crippen LogP contribution in [-0.4, -0.2) is 31.6 Å². The second-order valence-corrected chi connectivity index (χ2v) is 7.25. The second-order valence-electron chi connectivity index (χ2n) is 7.25. The molecule has 2 aliphatic rings. The fourth-order valence-corrected chi connectivity index (χ4v) is 3.96. The highest BCUT2D eigenvalue weighted by Gasteiger charge is 2.27. The van der Waals surface area contributed by atoms with Gasteiger partial charge < -0.3 is 15.0 Å². The minimum Gasteiger partial charge on any atom is -0.493 e. The summed E-state index contributed by atoms with van der Waals surface area (Å²) in [5.41, 5.74) is 2.42. The summed E-state index contributed by atoms with van der Waals surface area (Å²) in [4.78, 5) is 15.2. The molecule has 2 aromatic rings. The molecule has 1 atom stereocenters. The predicted octanol–water partition coefficient (Wildman–Crippen LogP) is 3.41. The van der Waals surface area contributed by atoms with Crippen molar-refractivity contribution in [3.05, 3.63) is 60.2 Å². The highest BCUT2D eigenvalue weighted by Crippen LogP contribution is 2.27. The summed E-state index contributed by atoms with van der Waals surface area (Å²) in [5, 5.41) is 3.30. The maximum Gasteiger partial charge on any atom is 0.223 e. The van der Waals surface area contributed by atoms with Crippen LogP contribution >= 0.6 is 0 Å². The van der Waals surface area contributed by atoms with Crippen molar-refractivity contribution in [1.82, 2.24) is 5.32 Å². The molecule has 2 heterocycles. The lowest BCUT2D eigenvalue weighted by Crippen LogP contribution is -2.46. The van der Waals surface area contributed by atoms with Gasteiger partial charge in [-0.25, -0.2) is 0 Å². The number of nitrogens with one attached hydrogen (secondary N) is 1. The number of amides is 1. The number of hydrogen-bond donors (Lipinski definition) is 1. The average Bonchev–Trinajstić information content (AvgIpc) is 2.92. The zero-order valence-corrected chi connectivity index (χ0v) is 15.1. The van der Waals surface area contributed by atoms with E-state index in [4.69, 9.17) is 4.74 Å². The Bertz CT molecular complexity index is 739. The molecule has 0 spiro atoms. The smallest absolute Gasteiger partial charge is 0.223 e. The molecule has 26 heavy (non-hydrogen) atoms. The first kappa shape index (κ1) is 17.0. The van der Waals surface area contributed by atoms with E-state index in [-0.39, 0.29) is 17.9 Å². The summed E-state index contributed by atoms with van der Waals surface area (Å²) < 4.78 is 5.80. The Morgan fingerprint density at radius 2 is 1.69 bits per heavy atom. The van der Waals surface area contributed by atoms with E-state index < -0.39 is 0 Å². The summed E-state index contributed by atoms with van der Waals surface area (Å²) in [6.45, 7) is 2.60. The second kappa shape index (κ2) is 7.81. The normalized spacial score (nSPS) is 20.6. The Hall–Kier alpha value is -2.49. The van der Waals surface area contributed by atoms with Gasteiger partial charge in [-0.2, -0.15) is 0 Å². The quantitative estimate of drug-likeness (QED) is 0.922. The third-order valence-corrected chi connectivity index (χ3v) is 5.50. The number of carbonyl (C=O) groups excluding carboxylic acids is 1. The number of carbonyl (C=O) groups is 1. The summed E-state index contributed by atoms with van der Waals surface area (Å²) in [7, 11) is 0. The molecule has 0 saturated carbocycles. The first-order valence-corrected chi connectivity index (χ1v) is 9.60. The molecule has 1 N–H and O–H groups in total. The van der Waals surface area contributed by atoms with E-state index in [9.17, 15) is 4.79 Å². The van der Waals surface area contributed by atoms with Crippen molar-refractivity contribution in [1.29, 1.82) is 0 Å². The topological polar surface area (TPSA) is 41.6 Å². The lowest BCUT2D eigenvalue weighted by atomic mass is 9.95. The van der Waals surface area contributed by atoms with Crippen LogP contribution in [0.5, 0.6) is 5.75 Å². The Morgan fingerprint density at radius 3 is 2.50 bits per heavy atom. The molecule has 1 fully saturated rings. The first-order valence-electron chi connectivity index (χ1n) is 9.60. The number of ether oxygens (including phenoxy) is 1. The summed E-state index contributed by atoms with van der Waals surface area (Å²) in [5.74, 6) is 1.12. The van der Waals surface area contributed by atoms with Gasteiger partial charge in [-0.3, -0.25) is 4.79 Å². The molecule has 1 unspecified atom stereocenters. The van der Waals surface area contributed by atoms with Gasteiger partial charge in [-0.1, -0.05) is 36.4 Å². The van der Waals surface area contributed by atoms with Crippen molar-refractivity contribution < 1.29 is 9.53 Å². The van der Waals surface area contributed by atoms with Crippen molar-refractivity contribution in [2.24, 2.45) is 5.92 Å². The van der Waals surface area contributed by atoms with Crippen LogP contribution < -0.4 is 15.0 Å². The molecule has 0 aromatic heterocycles. The fourth-order valence-electron chi connectivity index (χ4n) is 3.96. The zero-order valence-electron chi connectivity index (χ0n) is 15.1. The van der Waals surface area contributed by atoms with Crippen molar-refractivity contribution in [2.75, 3.05) is 24.6 Å². The van der Waals surface area contributed by atoms with Crippen molar-refractivity contribution in [3.63, 3.8) is 0 Å². The van der Waals surface area contributed by atoms with Crippen molar-refractivity contribution in [3.8, 4) is 5.75 Å². The van der Waals surface area contributed by atoms with Gasteiger partial charge in [0.25, 0.3) is 0 Å². The van der Waals surface area contributed by atoms with Crippen LogP contribution in [0.25, 0.3) is 0 Å². The number of piperidine rings is 1. The van der Waals surface area contributed by atoms with Gasteiger partial charge in [0.05, 0.1) is 6.61 Å². The van der Waals surface area contributed by atoms with Gasteiger partial charge in [-0.05, 0) is 49.4 Å². The lowest BCUT2D eigenvalue weighted by molar-refractivity contribution is -0.126. The van der Waals surface area contributed by atoms with Crippen molar-refractivity contribution >= 4 is 11.6 Å².